The molecule has 9 nitrogen and oxygen atoms in total. The number of aliphatic hydroxyl groups excluding tert-OH is 2. The SMILES string of the molecule is CC[C@H](O)C(C)(C)C(=O)C(=O)/C(C)=C(\C)[C@H](C)OC(=O)C(O)[C@H](CC(C)C)NC(=O)OC(C)(C)C. The fraction of sp³-hybridized carbons (Fsp3) is 0.769. The average molecular weight is 500 g/mol. The first-order valence-corrected chi connectivity index (χ1v) is 12.1. The molecule has 0 radical (unpaired) electrons. The molecular weight excluding hydrogens is 454 g/mol. The van der Waals surface area contributed by atoms with E-state index in [1.54, 1.807) is 34.6 Å². The molecule has 0 aromatic carbocycles. The molecule has 1 unspecified atom stereocenters. The number of allylic oxidation sites excluding steroid dienone is 1. The summed E-state index contributed by atoms with van der Waals surface area (Å²) in [7, 11) is 0. The normalized spacial score (nSPS) is 16.5. The van der Waals surface area contributed by atoms with E-state index < -0.39 is 59.0 Å². The molecule has 0 bridgehead atoms. The van der Waals surface area contributed by atoms with Crippen LogP contribution in [0.25, 0.3) is 0 Å². The van der Waals surface area contributed by atoms with Gasteiger partial charge in [0, 0.05) is 5.57 Å². The van der Waals surface area contributed by atoms with Crippen LogP contribution in [0.15, 0.2) is 11.1 Å². The number of Topliss-reactive ketones (excluding diaryl/α,β-unsaturated/α-hetero) is 2. The molecule has 3 N–H and O–H groups in total. The minimum absolute atomic E-state index is 0.0455. The van der Waals surface area contributed by atoms with Crippen molar-refractivity contribution in [1.82, 2.24) is 5.32 Å². The third-order valence-corrected chi connectivity index (χ3v) is 5.90. The maximum atomic E-state index is 12.8. The van der Waals surface area contributed by atoms with Crippen LogP contribution in [0.3, 0.4) is 0 Å². The lowest BCUT2D eigenvalue weighted by molar-refractivity contribution is -0.158. The highest BCUT2D eigenvalue weighted by molar-refractivity contribution is 6.45. The van der Waals surface area contributed by atoms with Crippen molar-refractivity contribution in [2.45, 2.75) is 119 Å². The van der Waals surface area contributed by atoms with E-state index in [-0.39, 0.29) is 11.5 Å². The molecule has 0 saturated heterocycles. The molecule has 0 rings (SSSR count). The molecule has 0 aliphatic heterocycles. The maximum absolute atomic E-state index is 12.8. The van der Waals surface area contributed by atoms with E-state index in [1.165, 1.54) is 27.7 Å². The van der Waals surface area contributed by atoms with Gasteiger partial charge in [-0.05, 0) is 79.7 Å². The Kier molecular flexibility index (Phi) is 12.3. The predicted molar refractivity (Wildman–Crippen MR) is 133 cm³/mol. The lowest BCUT2D eigenvalue weighted by Crippen LogP contribution is -2.50. The molecule has 1 amide bonds. The molecule has 9 heteroatoms. The van der Waals surface area contributed by atoms with Crippen molar-refractivity contribution in [3.63, 3.8) is 0 Å². The maximum Gasteiger partial charge on any atom is 0.407 e. The van der Waals surface area contributed by atoms with Crippen LogP contribution in [0.5, 0.6) is 0 Å². The van der Waals surface area contributed by atoms with E-state index in [0.29, 0.717) is 18.4 Å². The van der Waals surface area contributed by atoms with E-state index in [2.05, 4.69) is 5.32 Å². The summed E-state index contributed by atoms with van der Waals surface area (Å²) in [5.74, 6) is -2.44. The quantitative estimate of drug-likeness (QED) is 0.211. The number of rotatable bonds is 12. The minimum Gasteiger partial charge on any atom is -0.456 e. The first kappa shape index (κ1) is 32.7. The molecule has 0 aromatic heterocycles. The van der Waals surface area contributed by atoms with Crippen molar-refractivity contribution >= 4 is 23.6 Å². The van der Waals surface area contributed by atoms with Gasteiger partial charge in [-0.15, -0.1) is 0 Å². The van der Waals surface area contributed by atoms with Crippen LogP contribution >= 0.6 is 0 Å². The first-order chi connectivity index (χ1) is 15.8. The Bertz CT molecular complexity index is 807. The van der Waals surface area contributed by atoms with Crippen LogP contribution in [0.1, 0.15) is 89.0 Å². The molecule has 0 spiro atoms. The fourth-order valence-corrected chi connectivity index (χ4v) is 3.34. The van der Waals surface area contributed by atoms with Crippen molar-refractivity contribution in [1.29, 1.82) is 0 Å². The zero-order valence-corrected chi connectivity index (χ0v) is 23.1. The lowest BCUT2D eigenvalue weighted by atomic mass is 9.77. The number of ketones is 2. The van der Waals surface area contributed by atoms with Crippen molar-refractivity contribution in [2.75, 3.05) is 0 Å². The van der Waals surface area contributed by atoms with E-state index in [4.69, 9.17) is 9.47 Å². The summed E-state index contributed by atoms with van der Waals surface area (Å²) < 4.78 is 10.6. The number of hydrogen-bond acceptors (Lipinski definition) is 8. The van der Waals surface area contributed by atoms with Gasteiger partial charge >= 0.3 is 12.1 Å². The van der Waals surface area contributed by atoms with Gasteiger partial charge in [0.1, 0.15) is 11.7 Å². The number of ether oxygens (including phenoxy) is 2. The second kappa shape index (κ2) is 13.2. The van der Waals surface area contributed by atoms with Crippen molar-refractivity contribution in [2.24, 2.45) is 11.3 Å². The second-order valence-corrected chi connectivity index (χ2v) is 11.0. The van der Waals surface area contributed by atoms with Gasteiger partial charge in [0.25, 0.3) is 0 Å². The van der Waals surface area contributed by atoms with Crippen LogP contribution in [-0.4, -0.2) is 63.8 Å². The number of esters is 1. The third-order valence-electron chi connectivity index (χ3n) is 5.90. The van der Waals surface area contributed by atoms with Crippen LogP contribution in [0.4, 0.5) is 4.79 Å². The summed E-state index contributed by atoms with van der Waals surface area (Å²) in [4.78, 5) is 50.4. The fourth-order valence-electron chi connectivity index (χ4n) is 3.34. The molecule has 0 aliphatic carbocycles. The van der Waals surface area contributed by atoms with Crippen molar-refractivity contribution < 1.29 is 38.9 Å². The smallest absolute Gasteiger partial charge is 0.407 e. The van der Waals surface area contributed by atoms with Crippen LogP contribution in [0, 0.1) is 11.3 Å². The summed E-state index contributed by atoms with van der Waals surface area (Å²) in [5.41, 5.74) is -1.57. The summed E-state index contributed by atoms with van der Waals surface area (Å²) in [6.45, 7) is 18.1. The van der Waals surface area contributed by atoms with Crippen molar-refractivity contribution in [3.8, 4) is 0 Å². The zero-order valence-electron chi connectivity index (χ0n) is 23.1. The van der Waals surface area contributed by atoms with Gasteiger partial charge in [-0.25, -0.2) is 9.59 Å². The van der Waals surface area contributed by atoms with Gasteiger partial charge in [-0.3, -0.25) is 9.59 Å². The monoisotopic (exact) mass is 499 g/mol. The molecule has 0 fully saturated rings. The summed E-state index contributed by atoms with van der Waals surface area (Å²) in [6.07, 6.45) is -3.73. The molecule has 4 atom stereocenters. The van der Waals surface area contributed by atoms with Gasteiger partial charge in [0.05, 0.1) is 17.6 Å². The Morgan fingerprint density at radius 1 is 0.943 bits per heavy atom. The van der Waals surface area contributed by atoms with Gasteiger partial charge in [-0.2, -0.15) is 0 Å². The number of alkyl carbamates (subject to hydrolysis) is 1. The number of carbonyl (C=O) groups excluding carboxylic acids is 4. The van der Waals surface area contributed by atoms with Crippen molar-refractivity contribution in [3.05, 3.63) is 11.1 Å². The molecule has 0 aromatic rings. The molecule has 0 heterocycles. The molecule has 35 heavy (non-hydrogen) atoms. The van der Waals surface area contributed by atoms with Crippen LogP contribution in [0.2, 0.25) is 0 Å². The Balaban J connectivity index is 5.56. The summed E-state index contributed by atoms with van der Waals surface area (Å²) in [6, 6.07) is -0.950. The highest BCUT2D eigenvalue weighted by atomic mass is 16.6. The standard InChI is InChI=1S/C26H45NO8/c1-12-19(28)26(10,11)22(31)20(29)16(5)15(4)17(6)34-23(32)21(30)18(13-14(2)3)27-24(33)35-25(7,8)9/h14,17-19,21,28,30H,12-13H2,1-11H3,(H,27,33)/b16-15+/t17-,18-,19-,21?/m0/s1. The highest BCUT2D eigenvalue weighted by Gasteiger charge is 2.39. The number of nitrogens with one attached hydrogen (secondary N) is 1. The molecule has 0 saturated carbocycles. The Labute approximate surface area is 209 Å². The predicted octanol–water partition coefficient (Wildman–Crippen LogP) is 3.49. The van der Waals surface area contributed by atoms with E-state index >= 15 is 0 Å². The van der Waals surface area contributed by atoms with Gasteiger partial charge < -0.3 is 25.0 Å². The molecule has 202 valence electrons. The van der Waals surface area contributed by atoms with Gasteiger partial charge in [0.2, 0.25) is 11.6 Å². The Morgan fingerprint density at radius 2 is 1.46 bits per heavy atom. The van der Waals surface area contributed by atoms with E-state index in [9.17, 15) is 29.4 Å². The zero-order chi connectivity index (χ0) is 27.9. The van der Waals surface area contributed by atoms with Crippen LogP contribution < -0.4 is 5.32 Å². The minimum atomic E-state index is -1.67. The Morgan fingerprint density at radius 3 is 1.89 bits per heavy atom. The van der Waals surface area contributed by atoms with Gasteiger partial charge in [-0.1, -0.05) is 20.8 Å². The number of aliphatic hydroxyl groups is 2. The highest BCUT2D eigenvalue weighted by Crippen LogP contribution is 2.27. The van der Waals surface area contributed by atoms with Gasteiger partial charge in [0.15, 0.2) is 6.10 Å². The largest absolute Gasteiger partial charge is 0.456 e. The number of hydrogen-bond donors (Lipinski definition) is 3. The molecule has 0 aliphatic rings. The Hall–Kier alpha value is -2.26. The topological polar surface area (TPSA) is 139 Å². The number of amides is 1. The number of carbonyl (C=O) groups is 4. The van der Waals surface area contributed by atoms with E-state index in [0.717, 1.165) is 0 Å². The average Bonchev–Trinajstić information content (AvgIpc) is 2.73. The lowest BCUT2D eigenvalue weighted by Gasteiger charge is -2.28. The summed E-state index contributed by atoms with van der Waals surface area (Å²) >= 11 is 0. The van der Waals surface area contributed by atoms with Crippen LogP contribution in [-0.2, 0) is 23.9 Å². The molecular formula is C26H45NO8. The summed E-state index contributed by atoms with van der Waals surface area (Å²) in [5, 5.41) is 23.3. The third kappa shape index (κ3) is 10.1. The van der Waals surface area contributed by atoms with E-state index in [1.807, 2.05) is 13.8 Å². The first-order valence-electron chi connectivity index (χ1n) is 12.1. The second-order valence-electron chi connectivity index (χ2n) is 11.0.